The van der Waals surface area contributed by atoms with Crippen molar-refractivity contribution in [2.75, 3.05) is 11.5 Å². The van der Waals surface area contributed by atoms with E-state index in [0.29, 0.717) is 0 Å². The van der Waals surface area contributed by atoms with Gasteiger partial charge in [-0.25, -0.2) is 0 Å². The molecule has 18 heavy (non-hydrogen) atoms. The van der Waals surface area contributed by atoms with Gasteiger partial charge < -0.3 is 9.31 Å². The van der Waals surface area contributed by atoms with Crippen LogP contribution in [-0.2, 0) is 9.31 Å². The lowest BCUT2D eigenvalue weighted by Gasteiger charge is -2.33. The normalized spacial score (nSPS) is 31.9. The molecule has 0 amide bonds. The maximum Gasteiger partial charge on any atom is 0.487 e. The first-order valence-electron chi connectivity index (χ1n) is 6.79. The fourth-order valence-electron chi connectivity index (χ4n) is 2.26. The molecule has 0 N–H and O–H groups in total. The summed E-state index contributed by atoms with van der Waals surface area (Å²) in [6.45, 7) is 13.1. The van der Waals surface area contributed by atoms with Gasteiger partial charge in [0.15, 0.2) is 0 Å². The molecule has 0 aromatic rings. The second-order valence-corrected chi connectivity index (χ2v) is 8.11. The zero-order valence-corrected chi connectivity index (χ0v) is 13.3. The van der Waals surface area contributed by atoms with E-state index in [1.165, 1.54) is 17.7 Å². The van der Waals surface area contributed by atoms with E-state index in [4.69, 9.17) is 9.31 Å². The van der Waals surface area contributed by atoms with Crippen LogP contribution < -0.4 is 0 Å². The van der Waals surface area contributed by atoms with Crippen molar-refractivity contribution in [2.24, 2.45) is 5.41 Å². The van der Waals surface area contributed by atoms with E-state index in [9.17, 15) is 0 Å². The monoisotopic (exact) mass is 268 g/mol. The van der Waals surface area contributed by atoms with E-state index in [-0.39, 0.29) is 23.7 Å². The average Bonchev–Trinajstić information content (AvgIpc) is 2.39. The van der Waals surface area contributed by atoms with E-state index in [0.717, 1.165) is 5.75 Å². The number of hydrogen-bond donors (Lipinski definition) is 0. The molecule has 2 rings (SSSR count). The Balaban J connectivity index is 2.15. The Morgan fingerprint density at radius 1 is 1.06 bits per heavy atom. The van der Waals surface area contributed by atoms with Crippen molar-refractivity contribution in [3.8, 4) is 0 Å². The van der Waals surface area contributed by atoms with Crippen molar-refractivity contribution in [1.29, 1.82) is 0 Å². The largest absolute Gasteiger partial charge is 0.487 e. The predicted molar refractivity (Wildman–Crippen MR) is 79.9 cm³/mol. The molecule has 2 saturated heterocycles. The van der Waals surface area contributed by atoms with Gasteiger partial charge in [-0.2, -0.15) is 11.8 Å². The molecule has 0 bridgehead atoms. The number of rotatable bonds is 1. The molecule has 2 aliphatic rings. The Kier molecular flexibility index (Phi) is 3.68. The highest BCUT2D eigenvalue weighted by atomic mass is 32.2. The smallest absolute Gasteiger partial charge is 0.400 e. The van der Waals surface area contributed by atoms with E-state index in [1.807, 2.05) is 11.8 Å². The van der Waals surface area contributed by atoms with Gasteiger partial charge in [-0.3, -0.25) is 0 Å². The Morgan fingerprint density at radius 3 is 2.11 bits per heavy atom. The standard InChI is InChI=1S/C14H25BO2S/c1-12(2)7-8-18-10-11(12)9-15-16-13(3,4)14(5,6)17-15/h9H,7-8,10H2,1-6H3/b11-9-. The maximum absolute atomic E-state index is 6.05. The van der Waals surface area contributed by atoms with Crippen LogP contribution in [-0.4, -0.2) is 29.8 Å². The van der Waals surface area contributed by atoms with Gasteiger partial charge >= 0.3 is 7.12 Å². The molecule has 0 unspecified atom stereocenters. The second kappa shape index (κ2) is 4.57. The van der Waals surface area contributed by atoms with Crippen LogP contribution in [0.25, 0.3) is 0 Å². The summed E-state index contributed by atoms with van der Waals surface area (Å²) in [4.78, 5) is 0. The first kappa shape index (κ1) is 14.5. The van der Waals surface area contributed by atoms with Gasteiger partial charge in [0.25, 0.3) is 0 Å². The van der Waals surface area contributed by atoms with Gasteiger partial charge in [0.1, 0.15) is 0 Å². The highest BCUT2D eigenvalue weighted by molar-refractivity contribution is 7.99. The van der Waals surface area contributed by atoms with Crippen LogP contribution in [0.2, 0.25) is 0 Å². The van der Waals surface area contributed by atoms with Crippen molar-refractivity contribution in [3.63, 3.8) is 0 Å². The molecule has 0 atom stereocenters. The zero-order valence-electron chi connectivity index (χ0n) is 12.5. The van der Waals surface area contributed by atoms with Crippen LogP contribution in [0.5, 0.6) is 0 Å². The Morgan fingerprint density at radius 2 is 1.61 bits per heavy atom. The fraction of sp³-hybridized carbons (Fsp3) is 0.857. The highest BCUT2D eigenvalue weighted by Gasteiger charge is 2.50. The molecule has 2 aliphatic heterocycles. The Hall–Kier alpha value is 0.0749. The molecule has 0 radical (unpaired) electrons. The summed E-state index contributed by atoms with van der Waals surface area (Å²) in [6, 6.07) is 0. The summed E-state index contributed by atoms with van der Waals surface area (Å²) < 4.78 is 12.1. The predicted octanol–water partition coefficient (Wildman–Crippen LogP) is 3.71. The van der Waals surface area contributed by atoms with Crippen molar-refractivity contribution in [2.45, 2.75) is 59.2 Å². The summed E-state index contributed by atoms with van der Waals surface area (Å²) in [6.07, 6.45) is 1.24. The molecule has 0 spiro atoms. The Labute approximate surface area is 116 Å². The highest BCUT2D eigenvalue weighted by Crippen LogP contribution is 2.41. The zero-order chi connectivity index (χ0) is 13.6. The minimum absolute atomic E-state index is 0.192. The van der Waals surface area contributed by atoms with Crippen molar-refractivity contribution < 1.29 is 9.31 Å². The lowest BCUT2D eigenvalue weighted by molar-refractivity contribution is 0.00578. The van der Waals surface area contributed by atoms with Crippen LogP contribution in [0, 0.1) is 5.41 Å². The van der Waals surface area contributed by atoms with Gasteiger partial charge in [-0.15, -0.1) is 0 Å². The molecular formula is C14H25BO2S. The molecule has 0 aromatic heterocycles. The minimum Gasteiger partial charge on any atom is -0.400 e. The van der Waals surface area contributed by atoms with Crippen molar-refractivity contribution in [3.05, 3.63) is 11.5 Å². The van der Waals surface area contributed by atoms with Crippen LogP contribution in [0.3, 0.4) is 0 Å². The summed E-state index contributed by atoms with van der Waals surface area (Å²) in [5, 5.41) is 0. The fourth-order valence-corrected chi connectivity index (χ4v) is 3.77. The summed E-state index contributed by atoms with van der Waals surface area (Å²) in [5.41, 5.74) is 1.29. The van der Waals surface area contributed by atoms with Crippen LogP contribution in [0.4, 0.5) is 0 Å². The summed E-state index contributed by atoms with van der Waals surface area (Å²) in [7, 11) is -0.192. The third-order valence-electron chi connectivity index (χ3n) is 4.61. The SMILES string of the molecule is CC1(C)CCSC/C1=C/B1OC(C)(C)C(C)(C)O1. The van der Waals surface area contributed by atoms with Crippen molar-refractivity contribution >= 4 is 18.9 Å². The molecule has 2 fully saturated rings. The molecule has 0 aromatic carbocycles. The molecule has 2 heterocycles. The number of hydrogen-bond acceptors (Lipinski definition) is 3. The first-order chi connectivity index (χ1) is 8.14. The van der Waals surface area contributed by atoms with Gasteiger partial charge in [-0.05, 0) is 45.3 Å². The average molecular weight is 268 g/mol. The van der Waals surface area contributed by atoms with Gasteiger partial charge in [0, 0.05) is 5.75 Å². The third kappa shape index (κ3) is 2.66. The van der Waals surface area contributed by atoms with E-state index in [1.54, 1.807) is 0 Å². The third-order valence-corrected chi connectivity index (χ3v) is 5.61. The van der Waals surface area contributed by atoms with Gasteiger partial charge in [0.2, 0.25) is 0 Å². The Bertz CT molecular complexity index is 345. The van der Waals surface area contributed by atoms with Gasteiger partial charge in [-0.1, -0.05) is 25.4 Å². The van der Waals surface area contributed by atoms with Gasteiger partial charge in [0.05, 0.1) is 11.2 Å². The quantitative estimate of drug-likeness (QED) is 0.675. The van der Waals surface area contributed by atoms with E-state index in [2.05, 4.69) is 47.5 Å². The molecule has 102 valence electrons. The summed E-state index contributed by atoms with van der Waals surface area (Å²) >= 11 is 2.01. The van der Waals surface area contributed by atoms with E-state index >= 15 is 0 Å². The lowest BCUT2D eigenvalue weighted by atomic mass is 9.75. The molecule has 0 aliphatic carbocycles. The maximum atomic E-state index is 6.05. The molecular weight excluding hydrogens is 243 g/mol. The van der Waals surface area contributed by atoms with Crippen LogP contribution in [0.15, 0.2) is 11.5 Å². The van der Waals surface area contributed by atoms with Crippen LogP contribution in [0.1, 0.15) is 48.0 Å². The lowest BCUT2D eigenvalue weighted by Crippen LogP contribution is -2.41. The summed E-state index contributed by atoms with van der Waals surface area (Å²) in [5.74, 6) is 4.58. The van der Waals surface area contributed by atoms with Crippen LogP contribution >= 0.6 is 11.8 Å². The number of thioether (sulfide) groups is 1. The molecule has 0 saturated carbocycles. The second-order valence-electron chi connectivity index (χ2n) is 7.00. The van der Waals surface area contributed by atoms with Crippen molar-refractivity contribution in [1.82, 2.24) is 0 Å². The molecule has 2 nitrogen and oxygen atoms in total. The molecule has 4 heteroatoms. The topological polar surface area (TPSA) is 18.5 Å². The minimum atomic E-state index is -0.235. The van der Waals surface area contributed by atoms with E-state index < -0.39 is 0 Å². The first-order valence-corrected chi connectivity index (χ1v) is 7.94.